The van der Waals surface area contributed by atoms with Crippen LogP contribution in [0, 0.1) is 0 Å². The standard InChI is InChI=1S/C12H27N3O/c1-3-12(16,11-13)5-4-6-15-9-7-14(2)8-10-15/h16H,3-11,13H2,1-2H3. The Kier molecular flexibility index (Phi) is 5.69. The van der Waals surface area contributed by atoms with Gasteiger partial charge in [0, 0.05) is 32.7 Å². The highest BCUT2D eigenvalue weighted by atomic mass is 16.3. The van der Waals surface area contributed by atoms with E-state index in [1.54, 1.807) is 0 Å². The predicted octanol–water partition coefficient (Wildman–Crippen LogP) is 0.114. The van der Waals surface area contributed by atoms with Crippen LogP contribution >= 0.6 is 0 Å². The van der Waals surface area contributed by atoms with Crippen molar-refractivity contribution in [1.82, 2.24) is 9.80 Å². The molecule has 96 valence electrons. The highest BCUT2D eigenvalue weighted by molar-refractivity contribution is 4.78. The molecule has 0 bridgehead atoms. The van der Waals surface area contributed by atoms with Gasteiger partial charge < -0.3 is 20.6 Å². The number of hydrogen-bond donors (Lipinski definition) is 2. The second kappa shape index (κ2) is 6.55. The molecule has 16 heavy (non-hydrogen) atoms. The summed E-state index contributed by atoms with van der Waals surface area (Å²) in [5, 5.41) is 10.0. The summed E-state index contributed by atoms with van der Waals surface area (Å²) in [6.07, 6.45) is 2.63. The minimum Gasteiger partial charge on any atom is -0.389 e. The van der Waals surface area contributed by atoms with Crippen molar-refractivity contribution >= 4 is 0 Å². The number of rotatable bonds is 6. The van der Waals surface area contributed by atoms with Crippen LogP contribution in [-0.2, 0) is 0 Å². The van der Waals surface area contributed by atoms with Crippen molar-refractivity contribution in [2.45, 2.75) is 31.8 Å². The molecule has 1 aliphatic heterocycles. The van der Waals surface area contributed by atoms with Gasteiger partial charge in [0.2, 0.25) is 0 Å². The predicted molar refractivity (Wildman–Crippen MR) is 67.5 cm³/mol. The van der Waals surface area contributed by atoms with Crippen LogP contribution in [0.15, 0.2) is 0 Å². The van der Waals surface area contributed by atoms with E-state index in [1.165, 1.54) is 0 Å². The summed E-state index contributed by atoms with van der Waals surface area (Å²) in [6, 6.07) is 0. The average molecular weight is 229 g/mol. The Morgan fingerprint density at radius 2 is 1.88 bits per heavy atom. The minimum atomic E-state index is -0.632. The molecule has 1 heterocycles. The molecule has 0 aromatic carbocycles. The first-order chi connectivity index (χ1) is 7.59. The average Bonchev–Trinajstić information content (AvgIpc) is 2.31. The quantitative estimate of drug-likeness (QED) is 0.679. The van der Waals surface area contributed by atoms with E-state index in [0.29, 0.717) is 6.54 Å². The van der Waals surface area contributed by atoms with Gasteiger partial charge in [-0.15, -0.1) is 0 Å². The van der Waals surface area contributed by atoms with Gasteiger partial charge >= 0.3 is 0 Å². The Morgan fingerprint density at radius 3 is 2.38 bits per heavy atom. The Morgan fingerprint density at radius 1 is 1.25 bits per heavy atom. The summed E-state index contributed by atoms with van der Waals surface area (Å²) in [5.41, 5.74) is 4.95. The zero-order valence-electron chi connectivity index (χ0n) is 10.8. The number of likely N-dealkylation sites (N-methyl/N-ethyl adjacent to an activating group) is 1. The largest absolute Gasteiger partial charge is 0.389 e. The molecule has 4 heteroatoms. The van der Waals surface area contributed by atoms with Gasteiger partial charge in [0.1, 0.15) is 0 Å². The highest BCUT2D eigenvalue weighted by Gasteiger charge is 2.22. The number of nitrogens with zero attached hydrogens (tertiary/aromatic N) is 2. The molecule has 1 rings (SSSR count). The lowest BCUT2D eigenvalue weighted by Gasteiger charge is -2.33. The molecule has 0 saturated carbocycles. The lowest BCUT2D eigenvalue weighted by atomic mass is 9.95. The summed E-state index contributed by atoms with van der Waals surface area (Å²) >= 11 is 0. The van der Waals surface area contributed by atoms with Gasteiger partial charge in [-0.3, -0.25) is 0 Å². The van der Waals surface area contributed by atoms with Crippen molar-refractivity contribution in [1.29, 1.82) is 0 Å². The number of hydrogen-bond acceptors (Lipinski definition) is 4. The van der Waals surface area contributed by atoms with Crippen molar-refractivity contribution < 1.29 is 5.11 Å². The third-order valence-corrected chi connectivity index (χ3v) is 3.75. The van der Waals surface area contributed by atoms with E-state index in [1.807, 2.05) is 6.92 Å². The molecular formula is C12H27N3O. The van der Waals surface area contributed by atoms with Crippen LogP contribution in [-0.4, -0.2) is 66.8 Å². The van der Waals surface area contributed by atoms with Gasteiger partial charge in [0.25, 0.3) is 0 Å². The SMILES string of the molecule is CCC(O)(CN)CCCN1CCN(C)CC1. The van der Waals surface area contributed by atoms with Crippen molar-refractivity contribution in [2.24, 2.45) is 5.73 Å². The topological polar surface area (TPSA) is 52.7 Å². The molecule has 3 N–H and O–H groups in total. The van der Waals surface area contributed by atoms with Crippen molar-refractivity contribution in [3.8, 4) is 0 Å². The van der Waals surface area contributed by atoms with Gasteiger partial charge in [-0.05, 0) is 32.9 Å². The minimum absolute atomic E-state index is 0.381. The van der Waals surface area contributed by atoms with Crippen LogP contribution in [0.1, 0.15) is 26.2 Å². The summed E-state index contributed by atoms with van der Waals surface area (Å²) in [7, 11) is 2.17. The van der Waals surface area contributed by atoms with E-state index in [0.717, 1.165) is 52.0 Å². The molecule has 0 aliphatic carbocycles. The maximum atomic E-state index is 10.0. The van der Waals surface area contributed by atoms with Gasteiger partial charge in [-0.1, -0.05) is 6.92 Å². The zero-order valence-corrected chi connectivity index (χ0v) is 10.8. The summed E-state index contributed by atoms with van der Waals surface area (Å²) in [5.74, 6) is 0. The molecule has 1 unspecified atom stereocenters. The van der Waals surface area contributed by atoms with Crippen molar-refractivity contribution in [3.05, 3.63) is 0 Å². The molecule has 0 aromatic rings. The molecule has 0 amide bonds. The maximum absolute atomic E-state index is 10.0. The lowest BCUT2D eigenvalue weighted by Crippen LogP contribution is -2.45. The van der Waals surface area contributed by atoms with Crippen molar-refractivity contribution in [2.75, 3.05) is 46.3 Å². The number of nitrogens with two attached hydrogens (primary N) is 1. The lowest BCUT2D eigenvalue weighted by molar-refractivity contribution is 0.0300. The second-order valence-electron chi connectivity index (χ2n) is 5.03. The van der Waals surface area contributed by atoms with Crippen LogP contribution in [0.5, 0.6) is 0 Å². The monoisotopic (exact) mass is 229 g/mol. The molecule has 0 aromatic heterocycles. The Bertz CT molecular complexity index is 187. The van der Waals surface area contributed by atoms with Crippen LogP contribution in [0.4, 0.5) is 0 Å². The molecule has 1 aliphatic rings. The molecule has 1 fully saturated rings. The highest BCUT2D eigenvalue weighted by Crippen LogP contribution is 2.16. The Labute approximate surface area is 99.4 Å². The van der Waals surface area contributed by atoms with E-state index >= 15 is 0 Å². The second-order valence-corrected chi connectivity index (χ2v) is 5.03. The first-order valence-corrected chi connectivity index (χ1v) is 6.43. The van der Waals surface area contributed by atoms with E-state index in [2.05, 4.69) is 16.8 Å². The van der Waals surface area contributed by atoms with Crippen LogP contribution < -0.4 is 5.73 Å². The molecule has 0 spiro atoms. The van der Waals surface area contributed by atoms with Gasteiger partial charge in [-0.25, -0.2) is 0 Å². The fraction of sp³-hybridized carbons (Fsp3) is 1.00. The fourth-order valence-corrected chi connectivity index (χ4v) is 2.13. The van der Waals surface area contributed by atoms with E-state index < -0.39 is 5.60 Å². The normalized spacial score (nSPS) is 23.2. The smallest absolute Gasteiger partial charge is 0.0767 e. The maximum Gasteiger partial charge on any atom is 0.0767 e. The molecule has 4 nitrogen and oxygen atoms in total. The van der Waals surface area contributed by atoms with Crippen LogP contribution in [0.3, 0.4) is 0 Å². The number of aliphatic hydroxyl groups is 1. The molecular weight excluding hydrogens is 202 g/mol. The molecule has 1 atom stereocenters. The Hall–Kier alpha value is -0.160. The van der Waals surface area contributed by atoms with E-state index in [9.17, 15) is 5.11 Å². The van der Waals surface area contributed by atoms with Crippen molar-refractivity contribution in [3.63, 3.8) is 0 Å². The molecule has 0 radical (unpaired) electrons. The number of piperazine rings is 1. The first-order valence-electron chi connectivity index (χ1n) is 6.43. The molecule has 1 saturated heterocycles. The summed E-state index contributed by atoms with van der Waals surface area (Å²) in [6.45, 7) is 8.11. The third-order valence-electron chi connectivity index (χ3n) is 3.75. The van der Waals surface area contributed by atoms with E-state index in [4.69, 9.17) is 5.73 Å². The van der Waals surface area contributed by atoms with E-state index in [-0.39, 0.29) is 0 Å². The first kappa shape index (κ1) is 13.9. The van der Waals surface area contributed by atoms with Gasteiger partial charge in [0.15, 0.2) is 0 Å². The van der Waals surface area contributed by atoms with Crippen LogP contribution in [0.25, 0.3) is 0 Å². The summed E-state index contributed by atoms with van der Waals surface area (Å²) in [4.78, 5) is 4.84. The fourth-order valence-electron chi connectivity index (χ4n) is 2.13. The van der Waals surface area contributed by atoms with Crippen LogP contribution in [0.2, 0.25) is 0 Å². The third kappa shape index (κ3) is 4.37. The summed E-state index contributed by atoms with van der Waals surface area (Å²) < 4.78 is 0. The van der Waals surface area contributed by atoms with Gasteiger partial charge in [-0.2, -0.15) is 0 Å². The van der Waals surface area contributed by atoms with Gasteiger partial charge in [0.05, 0.1) is 5.60 Å². The zero-order chi connectivity index (χ0) is 12.0. The Balaban J connectivity index is 2.15.